The first-order valence-electron chi connectivity index (χ1n) is 12.9. The number of aromatic nitrogens is 5. The van der Waals surface area contributed by atoms with Gasteiger partial charge >= 0.3 is 16.3 Å². The van der Waals surface area contributed by atoms with E-state index in [9.17, 15) is 32.5 Å². The van der Waals surface area contributed by atoms with Gasteiger partial charge in [-0.05, 0) is 6.07 Å². The van der Waals surface area contributed by atoms with Crippen LogP contribution in [0.4, 0.5) is 5.13 Å². The maximum absolute atomic E-state index is 13.4. The van der Waals surface area contributed by atoms with Gasteiger partial charge in [-0.15, -0.1) is 11.3 Å². The fourth-order valence-corrected chi connectivity index (χ4v) is 6.03. The molecule has 5 rings (SSSR count). The van der Waals surface area contributed by atoms with Gasteiger partial charge in [0.2, 0.25) is 11.5 Å². The van der Waals surface area contributed by atoms with Crippen LogP contribution in [0.15, 0.2) is 41.3 Å². The fraction of sp³-hybridized carbons (Fsp3) is 0.417. The summed E-state index contributed by atoms with van der Waals surface area (Å²) in [5, 5.41) is 26.4. The third-order valence-corrected chi connectivity index (χ3v) is 8.58. The number of pyridine rings is 1. The van der Waals surface area contributed by atoms with E-state index in [1.54, 1.807) is 0 Å². The van der Waals surface area contributed by atoms with Crippen molar-refractivity contribution in [2.45, 2.75) is 50.5 Å². The number of nitrogens with zero attached hydrogens (tertiary/aromatic N) is 7. The third-order valence-electron chi connectivity index (χ3n) is 6.96. The normalized spacial score (nSPS) is 19.6. The van der Waals surface area contributed by atoms with Gasteiger partial charge in [0, 0.05) is 49.4 Å². The molecule has 1 saturated carbocycles. The van der Waals surface area contributed by atoms with Crippen molar-refractivity contribution < 1.29 is 41.9 Å². The van der Waals surface area contributed by atoms with Gasteiger partial charge in [-0.3, -0.25) is 14.1 Å². The Bertz CT molecular complexity index is 1700. The second-order valence-electron chi connectivity index (χ2n) is 10.2. The zero-order valence-electron chi connectivity index (χ0n) is 22.7. The van der Waals surface area contributed by atoms with Crippen LogP contribution >= 0.6 is 11.3 Å². The Hall–Kier alpha value is -4.33. The summed E-state index contributed by atoms with van der Waals surface area (Å²) in [4.78, 5) is 48.1. The molecule has 1 amide bonds. The molecule has 1 aliphatic carbocycles. The Morgan fingerprint density at radius 1 is 1.35 bits per heavy atom. The van der Waals surface area contributed by atoms with Crippen LogP contribution in [-0.2, 0) is 56.2 Å². The number of nitrogens with one attached hydrogen (secondary N) is 1. The molecule has 43 heavy (non-hydrogen) atoms. The number of Topliss-reactive ketones (excluding diaryl/α,β-unsaturated/α-hetero) is 1. The molecule has 2 fully saturated rings. The molecule has 0 aromatic carbocycles. The average molecular weight is 635 g/mol. The Morgan fingerprint density at radius 2 is 2.12 bits per heavy atom. The third kappa shape index (κ3) is 6.69. The number of carbonyl (C=O) groups is 3. The van der Waals surface area contributed by atoms with Crippen LogP contribution in [0.1, 0.15) is 36.2 Å². The summed E-state index contributed by atoms with van der Waals surface area (Å²) in [5.74, 6) is -4.21. The summed E-state index contributed by atoms with van der Waals surface area (Å²) in [6, 6.07) is 2.69. The van der Waals surface area contributed by atoms with Crippen molar-refractivity contribution in [3.8, 4) is 0 Å². The second-order valence-corrected chi connectivity index (χ2v) is 12.4. The number of hydrogen-bond acceptors (Lipinski definition) is 13. The molecule has 4 heterocycles. The van der Waals surface area contributed by atoms with Crippen molar-refractivity contribution in [3.05, 3.63) is 53.1 Å². The van der Waals surface area contributed by atoms with Gasteiger partial charge in [-0.2, -0.15) is 23.4 Å². The highest BCUT2D eigenvalue weighted by Gasteiger charge is 2.56. The molecule has 17 nitrogen and oxygen atoms in total. The van der Waals surface area contributed by atoms with E-state index in [2.05, 4.69) is 25.7 Å². The van der Waals surface area contributed by atoms with Crippen molar-refractivity contribution in [1.29, 1.82) is 0 Å². The average Bonchev–Trinajstić information content (AvgIpc) is 3.40. The molecular weight excluding hydrogens is 606 g/mol. The molecule has 0 unspecified atom stereocenters. The van der Waals surface area contributed by atoms with Crippen LogP contribution in [0.25, 0.3) is 0 Å². The van der Waals surface area contributed by atoms with Gasteiger partial charge in [-0.1, -0.05) is 5.16 Å². The van der Waals surface area contributed by atoms with Gasteiger partial charge < -0.3 is 21.0 Å². The van der Waals surface area contributed by atoms with Crippen LogP contribution in [0.5, 0.6) is 0 Å². The quantitative estimate of drug-likeness (QED) is 0.0551. The lowest BCUT2D eigenvalue weighted by molar-refractivity contribution is -0.671. The predicted octanol–water partition coefficient (Wildman–Crippen LogP) is -0.942. The van der Waals surface area contributed by atoms with Gasteiger partial charge in [0.25, 0.3) is 0 Å². The zero-order chi connectivity index (χ0) is 30.9. The molecule has 19 heteroatoms. The standard InChI is InChI=1S/C24H27N9O8S2/c1-31-6-2-3-14(11-31)8-26-9-15-10-27-32(29-15)12-18-16(21(35)33(18)43(38,39)40)7-19(34)20(17-13-42-23(25)28-17)30-41-24(4-5-24)22(36)37/h2-3,6,10-11,13,16,18,26H,4-5,7-9,12H2,1H3,(H3-,25,28,36,37,38,39,40)/p+1/b30-20-/t16-,18+/m0/s1. The van der Waals surface area contributed by atoms with Crippen LogP contribution < -0.4 is 15.6 Å². The molecular formula is C24H28N9O8S2+. The number of ketones is 1. The van der Waals surface area contributed by atoms with E-state index in [0.717, 1.165) is 16.9 Å². The lowest BCUT2D eigenvalue weighted by atomic mass is 9.84. The fourth-order valence-electron chi connectivity index (χ4n) is 4.57. The van der Waals surface area contributed by atoms with Crippen LogP contribution in [0, 0.1) is 5.92 Å². The number of nitrogens with two attached hydrogens (primary N) is 1. The zero-order valence-corrected chi connectivity index (χ0v) is 24.4. The van der Waals surface area contributed by atoms with Gasteiger partial charge in [0.05, 0.1) is 30.4 Å². The van der Waals surface area contributed by atoms with E-state index in [1.807, 2.05) is 36.1 Å². The van der Waals surface area contributed by atoms with Crippen LogP contribution in [-0.4, -0.2) is 77.4 Å². The Kier molecular flexibility index (Phi) is 8.23. The van der Waals surface area contributed by atoms with Crippen molar-refractivity contribution in [2.24, 2.45) is 18.1 Å². The number of thiazole rings is 1. The van der Waals surface area contributed by atoms with E-state index in [1.165, 1.54) is 16.4 Å². The highest BCUT2D eigenvalue weighted by molar-refractivity contribution is 7.84. The SMILES string of the molecule is C[n+]1cccc(CNCc2cnn(C[C@@H]3[C@H](CC(=O)/C(=N\OC4(C(=O)O)CC4)c4csc(N)n4)C(=O)N3S(=O)(=O)O)n2)c1. The number of anilines is 1. The maximum Gasteiger partial charge on any atom is 0.362 e. The summed E-state index contributed by atoms with van der Waals surface area (Å²) in [7, 11) is -3.04. The Morgan fingerprint density at radius 3 is 2.74 bits per heavy atom. The summed E-state index contributed by atoms with van der Waals surface area (Å²) < 4.78 is 35.9. The van der Waals surface area contributed by atoms with E-state index in [-0.39, 0.29) is 40.2 Å². The largest absolute Gasteiger partial charge is 0.478 e. The summed E-state index contributed by atoms with van der Waals surface area (Å²) in [5.41, 5.74) is 5.37. The maximum atomic E-state index is 13.4. The molecule has 2 aliphatic rings. The van der Waals surface area contributed by atoms with Crippen molar-refractivity contribution >= 4 is 50.1 Å². The molecule has 228 valence electrons. The lowest BCUT2D eigenvalue weighted by Gasteiger charge is -2.43. The smallest absolute Gasteiger partial charge is 0.362 e. The molecule has 5 N–H and O–H groups in total. The molecule has 0 bridgehead atoms. The number of hydrogen-bond donors (Lipinski definition) is 4. The number of carboxylic acids is 1. The second kappa shape index (κ2) is 11.7. The summed E-state index contributed by atoms with van der Waals surface area (Å²) >= 11 is 1.01. The van der Waals surface area contributed by atoms with Crippen LogP contribution in [0.3, 0.4) is 0 Å². The minimum absolute atomic E-state index is 0.0128. The number of carbonyl (C=O) groups excluding carboxylic acids is 2. The molecule has 3 aromatic rings. The summed E-state index contributed by atoms with van der Waals surface area (Å²) in [6.07, 6.45) is 5.19. The van der Waals surface area contributed by atoms with Crippen molar-refractivity contribution in [2.75, 3.05) is 5.73 Å². The van der Waals surface area contributed by atoms with Crippen molar-refractivity contribution in [3.63, 3.8) is 0 Å². The minimum Gasteiger partial charge on any atom is -0.478 e. The molecule has 0 spiro atoms. The number of rotatable bonds is 14. The first kappa shape index (κ1) is 30.1. The highest BCUT2D eigenvalue weighted by atomic mass is 32.2. The van der Waals surface area contributed by atoms with Gasteiger partial charge in [0.15, 0.2) is 29.0 Å². The molecule has 1 saturated heterocycles. The first-order chi connectivity index (χ1) is 20.4. The van der Waals surface area contributed by atoms with E-state index < -0.39 is 51.9 Å². The van der Waals surface area contributed by atoms with E-state index in [4.69, 9.17) is 10.6 Å². The van der Waals surface area contributed by atoms with E-state index in [0.29, 0.717) is 18.8 Å². The number of nitrogen functional groups attached to an aromatic ring is 1. The predicted molar refractivity (Wildman–Crippen MR) is 147 cm³/mol. The Labute approximate surface area is 248 Å². The number of β-lactam (4-membered cyclic amide) rings is 1. The van der Waals surface area contributed by atoms with E-state index >= 15 is 0 Å². The number of oxime groups is 1. The molecule has 1 aliphatic heterocycles. The molecule has 3 aromatic heterocycles. The number of amides is 1. The first-order valence-corrected chi connectivity index (χ1v) is 15.2. The topological polar surface area (TPSA) is 236 Å². The number of aryl methyl sites for hydroxylation is 1. The minimum atomic E-state index is -4.95. The number of carboxylic acid groups (broad SMARTS) is 1. The Balaban J connectivity index is 1.29. The molecule has 2 atom stereocenters. The summed E-state index contributed by atoms with van der Waals surface area (Å²) in [6.45, 7) is 0.665. The van der Waals surface area contributed by atoms with Crippen LogP contribution in [0.2, 0.25) is 0 Å². The lowest BCUT2D eigenvalue weighted by Crippen LogP contribution is -2.64. The van der Waals surface area contributed by atoms with Gasteiger partial charge in [-0.25, -0.2) is 18.7 Å². The molecule has 0 radical (unpaired) electrons. The van der Waals surface area contributed by atoms with Gasteiger partial charge in [0.1, 0.15) is 12.7 Å². The number of aliphatic carboxylic acids is 1. The highest BCUT2D eigenvalue weighted by Crippen LogP contribution is 2.40. The monoisotopic (exact) mass is 634 g/mol. The van der Waals surface area contributed by atoms with Crippen molar-refractivity contribution in [1.82, 2.24) is 29.6 Å².